The number of fused-ring (bicyclic) bond motifs is 1. The van der Waals surface area contributed by atoms with Gasteiger partial charge in [-0.15, -0.1) is 0 Å². The molecule has 0 radical (unpaired) electrons. The van der Waals surface area contributed by atoms with Crippen LogP contribution in [-0.2, 0) is 0 Å². The Morgan fingerprint density at radius 2 is 2.22 bits per heavy atom. The Balaban J connectivity index is 1.62. The third-order valence-electron chi connectivity index (χ3n) is 3.66. The molecule has 96 valence electrons. The van der Waals surface area contributed by atoms with E-state index in [1.165, 1.54) is 24.0 Å². The number of hydrogen-bond donors (Lipinski definition) is 2. The molecule has 18 heavy (non-hydrogen) atoms. The van der Waals surface area contributed by atoms with Gasteiger partial charge in [-0.25, -0.2) is 4.98 Å². The molecule has 1 aromatic carbocycles. The summed E-state index contributed by atoms with van der Waals surface area (Å²) < 4.78 is 1.25. The number of aromatic nitrogens is 1. The number of nitrogens with one attached hydrogen (secondary N) is 1. The lowest BCUT2D eigenvalue weighted by Gasteiger charge is -2.26. The quantitative estimate of drug-likeness (QED) is 0.892. The maximum atomic E-state index is 6.01. The minimum atomic E-state index is 0.404. The molecule has 1 saturated carbocycles. The molecule has 4 heteroatoms. The zero-order valence-corrected chi connectivity index (χ0v) is 11.2. The number of nitrogens with zero attached hydrogens (tertiary/aromatic N) is 1. The summed E-state index contributed by atoms with van der Waals surface area (Å²) in [5.41, 5.74) is 7.10. The molecular weight excluding hydrogens is 242 g/mol. The Morgan fingerprint density at radius 3 is 3.06 bits per heavy atom. The van der Waals surface area contributed by atoms with Gasteiger partial charge in [-0.3, -0.25) is 0 Å². The Bertz CT molecular complexity index is 489. The van der Waals surface area contributed by atoms with Crippen LogP contribution in [-0.4, -0.2) is 17.6 Å². The Kier molecular flexibility index (Phi) is 3.48. The van der Waals surface area contributed by atoms with Gasteiger partial charge in [0.2, 0.25) is 0 Å². The third-order valence-corrected chi connectivity index (χ3v) is 4.65. The summed E-state index contributed by atoms with van der Waals surface area (Å²) in [6.07, 6.45) is 4.91. The molecule has 1 aliphatic carbocycles. The van der Waals surface area contributed by atoms with Crippen LogP contribution < -0.4 is 11.1 Å². The number of anilines is 1. The van der Waals surface area contributed by atoms with Crippen LogP contribution in [0.15, 0.2) is 24.3 Å². The third kappa shape index (κ3) is 2.65. The van der Waals surface area contributed by atoms with Gasteiger partial charge >= 0.3 is 0 Å². The maximum Gasteiger partial charge on any atom is 0.183 e. The number of para-hydroxylation sites is 1. The molecule has 2 atom stereocenters. The zero-order valence-electron chi connectivity index (χ0n) is 10.4. The van der Waals surface area contributed by atoms with Gasteiger partial charge in [0, 0.05) is 12.6 Å². The van der Waals surface area contributed by atoms with Crippen LogP contribution in [0.25, 0.3) is 10.2 Å². The second-order valence-corrected chi connectivity index (χ2v) is 6.19. The standard InChI is InChI=1S/C14H19N3S/c15-11-5-3-4-10(8-11)9-16-14-17-12-6-1-2-7-13(12)18-14/h1-2,6-7,10-11H,3-5,8-9,15H2,(H,16,17). The Labute approximate surface area is 111 Å². The minimum absolute atomic E-state index is 0.404. The molecule has 2 unspecified atom stereocenters. The zero-order chi connectivity index (χ0) is 12.4. The van der Waals surface area contributed by atoms with Crippen LogP contribution in [0.3, 0.4) is 0 Å². The van der Waals surface area contributed by atoms with Crippen molar-refractivity contribution in [1.82, 2.24) is 4.98 Å². The molecular formula is C14H19N3S. The normalized spacial score (nSPS) is 24.3. The fourth-order valence-corrected chi connectivity index (χ4v) is 3.57. The first-order valence-corrected chi connectivity index (χ1v) is 7.48. The molecule has 1 aliphatic rings. The van der Waals surface area contributed by atoms with Crippen molar-refractivity contribution in [2.24, 2.45) is 11.7 Å². The number of rotatable bonds is 3. The highest BCUT2D eigenvalue weighted by molar-refractivity contribution is 7.22. The summed E-state index contributed by atoms with van der Waals surface area (Å²) in [7, 11) is 0. The van der Waals surface area contributed by atoms with Gasteiger partial charge in [0.05, 0.1) is 10.2 Å². The van der Waals surface area contributed by atoms with Crippen LogP contribution in [0.5, 0.6) is 0 Å². The highest BCUT2D eigenvalue weighted by Gasteiger charge is 2.19. The van der Waals surface area contributed by atoms with Crippen LogP contribution in [0.1, 0.15) is 25.7 Å². The summed E-state index contributed by atoms with van der Waals surface area (Å²) in [5, 5.41) is 4.51. The fraction of sp³-hybridized carbons (Fsp3) is 0.500. The van der Waals surface area contributed by atoms with Crippen molar-refractivity contribution in [3.8, 4) is 0 Å². The summed E-state index contributed by atoms with van der Waals surface area (Å²) in [5.74, 6) is 0.709. The van der Waals surface area contributed by atoms with E-state index in [0.717, 1.165) is 23.6 Å². The molecule has 1 heterocycles. The van der Waals surface area contributed by atoms with E-state index >= 15 is 0 Å². The van der Waals surface area contributed by atoms with Gasteiger partial charge < -0.3 is 11.1 Å². The van der Waals surface area contributed by atoms with Crippen LogP contribution in [0, 0.1) is 5.92 Å². The maximum absolute atomic E-state index is 6.01. The first-order chi connectivity index (χ1) is 8.81. The summed E-state index contributed by atoms with van der Waals surface area (Å²) >= 11 is 1.73. The molecule has 0 bridgehead atoms. The summed E-state index contributed by atoms with van der Waals surface area (Å²) in [4.78, 5) is 4.59. The predicted octanol–water partition coefficient (Wildman–Crippen LogP) is 3.23. The van der Waals surface area contributed by atoms with Crippen molar-refractivity contribution in [1.29, 1.82) is 0 Å². The van der Waals surface area contributed by atoms with Crippen molar-refractivity contribution in [3.63, 3.8) is 0 Å². The largest absolute Gasteiger partial charge is 0.361 e. The number of nitrogens with two attached hydrogens (primary N) is 1. The average Bonchev–Trinajstić information content (AvgIpc) is 2.79. The van der Waals surface area contributed by atoms with Gasteiger partial charge in [-0.2, -0.15) is 0 Å². The highest BCUT2D eigenvalue weighted by Crippen LogP contribution is 2.27. The summed E-state index contributed by atoms with van der Waals surface area (Å²) in [6, 6.07) is 8.68. The molecule has 3 rings (SSSR count). The van der Waals surface area contributed by atoms with Crippen LogP contribution in [0.2, 0.25) is 0 Å². The fourth-order valence-electron chi connectivity index (χ4n) is 2.70. The van der Waals surface area contributed by atoms with Crippen molar-refractivity contribution in [2.45, 2.75) is 31.7 Å². The van der Waals surface area contributed by atoms with E-state index in [2.05, 4.69) is 28.5 Å². The lowest BCUT2D eigenvalue weighted by molar-refractivity contribution is 0.335. The lowest BCUT2D eigenvalue weighted by atomic mass is 9.86. The van der Waals surface area contributed by atoms with E-state index in [-0.39, 0.29) is 0 Å². The Hall–Kier alpha value is -1.13. The van der Waals surface area contributed by atoms with E-state index in [0.29, 0.717) is 12.0 Å². The summed E-state index contributed by atoms with van der Waals surface area (Å²) in [6.45, 7) is 1.01. The van der Waals surface area contributed by atoms with E-state index in [1.54, 1.807) is 11.3 Å². The second-order valence-electron chi connectivity index (χ2n) is 5.16. The van der Waals surface area contributed by atoms with E-state index in [9.17, 15) is 0 Å². The number of hydrogen-bond acceptors (Lipinski definition) is 4. The molecule has 3 N–H and O–H groups in total. The molecule has 1 aromatic heterocycles. The van der Waals surface area contributed by atoms with Crippen LogP contribution >= 0.6 is 11.3 Å². The van der Waals surface area contributed by atoms with Crippen LogP contribution in [0.4, 0.5) is 5.13 Å². The predicted molar refractivity (Wildman–Crippen MR) is 78.0 cm³/mol. The van der Waals surface area contributed by atoms with Gasteiger partial charge in [0.15, 0.2) is 5.13 Å². The molecule has 1 fully saturated rings. The molecule has 0 aliphatic heterocycles. The van der Waals surface area contributed by atoms with E-state index < -0.39 is 0 Å². The topological polar surface area (TPSA) is 50.9 Å². The van der Waals surface area contributed by atoms with E-state index in [4.69, 9.17) is 5.73 Å². The minimum Gasteiger partial charge on any atom is -0.361 e. The monoisotopic (exact) mass is 261 g/mol. The molecule has 0 spiro atoms. The van der Waals surface area contributed by atoms with Gasteiger partial charge in [-0.1, -0.05) is 29.9 Å². The highest BCUT2D eigenvalue weighted by atomic mass is 32.1. The first kappa shape index (κ1) is 11.9. The number of benzene rings is 1. The van der Waals surface area contributed by atoms with Gasteiger partial charge in [0.25, 0.3) is 0 Å². The van der Waals surface area contributed by atoms with E-state index in [1.807, 2.05) is 6.07 Å². The molecule has 0 saturated heterocycles. The Morgan fingerprint density at radius 1 is 1.33 bits per heavy atom. The van der Waals surface area contributed by atoms with Crippen molar-refractivity contribution >= 4 is 26.7 Å². The van der Waals surface area contributed by atoms with Crippen molar-refractivity contribution in [2.75, 3.05) is 11.9 Å². The molecule has 2 aromatic rings. The van der Waals surface area contributed by atoms with Gasteiger partial charge in [-0.05, 0) is 37.3 Å². The first-order valence-electron chi connectivity index (χ1n) is 6.66. The smallest absolute Gasteiger partial charge is 0.183 e. The van der Waals surface area contributed by atoms with Crippen molar-refractivity contribution in [3.05, 3.63) is 24.3 Å². The van der Waals surface area contributed by atoms with Crippen molar-refractivity contribution < 1.29 is 0 Å². The molecule has 0 amide bonds. The van der Waals surface area contributed by atoms with Gasteiger partial charge in [0.1, 0.15) is 0 Å². The lowest BCUT2D eigenvalue weighted by Crippen LogP contribution is -2.30. The SMILES string of the molecule is NC1CCCC(CNc2nc3ccccc3s2)C1. The number of thiazole rings is 1. The second kappa shape index (κ2) is 5.24. The molecule has 3 nitrogen and oxygen atoms in total. The average molecular weight is 261 g/mol.